The molecule has 144 valence electrons. The largest absolute Gasteiger partial charge is 0.472 e. The number of aromatic amines is 2. The van der Waals surface area contributed by atoms with Gasteiger partial charge in [0.15, 0.2) is 0 Å². The van der Waals surface area contributed by atoms with Gasteiger partial charge < -0.3 is 15.1 Å². The number of anilines is 1. The monoisotopic (exact) mass is 392 g/mol. The van der Waals surface area contributed by atoms with Gasteiger partial charge in [-0.2, -0.15) is 5.10 Å². The third-order valence-corrected chi connectivity index (χ3v) is 5.29. The molecule has 0 aliphatic heterocycles. The summed E-state index contributed by atoms with van der Waals surface area (Å²) in [5.41, 5.74) is 14.2. The number of pyridine rings is 2. The SMILES string of the molecule is Nc1cncc(-c2ccc3[nH]nc(-c4cc5c(-c6ccoc6)cncc5[nH]4)c3c2)c1. The van der Waals surface area contributed by atoms with E-state index in [4.69, 9.17) is 10.2 Å². The molecule has 5 heterocycles. The van der Waals surface area contributed by atoms with E-state index < -0.39 is 0 Å². The van der Waals surface area contributed by atoms with Gasteiger partial charge in [0.2, 0.25) is 0 Å². The number of furan rings is 1. The third kappa shape index (κ3) is 2.56. The zero-order valence-electron chi connectivity index (χ0n) is 15.8. The van der Waals surface area contributed by atoms with Crippen molar-refractivity contribution in [1.29, 1.82) is 0 Å². The lowest BCUT2D eigenvalue weighted by Crippen LogP contribution is -1.87. The summed E-state index contributed by atoms with van der Waals surface area (Å²) in [6, 6.07) is 12.1. The Hall–Kier alpha value is -4.39. The van der Waals surface area contributed by atoms with E-state index in [9.17, 15) is 0 Å². The van der Waals surface area contributed by atoms with Crippen molar-refractivity contribution in [1.82, 2.24) is 25.1 Å². The second kappa shape index (κ2) is 6.31. The molecule has 0 spiro atoms. The van der Waals surface area contributed by atoms with Gasteiger partial charge in [-0.25, -0.2) is 0 Å². The zero-order chi connectivity index (χ0) is 20.1. The number of nitrogens with two attached hydrogens (primary N) is 1. The van der Waals surface area contributed by atoms with Crippen LogP contribution in [0.15, 0.2) is 78.1 Å². The molecule has 7 heteroatoms. The second-order valence-electron chi connectivity index (χ2n) is 7.18. The number of hydrogen-bond donors (Lipinski definition) is 3. The van der Waals surface area contributed by atoms with Gasteiger partial charge in [0.05, 0.1) is 41.1 Å². The van der Waals surface area contributed by atoms with Gasteiger partial charge in [0, 0.05) is 46.1 Å². The van der Waals surface area contributed by atoms with Crippen molar-refractivity contribution in [2.24, 2.45) is 0 Å². The van der Waals surface area contributed by atoms with E-state index in [2.05, 4.69) is 37.3 Å². The van der Waals surface area contributed by atoms with Gasteiger partial charge in [0.1, 0.15) is 5.69 Å². The Balaban J connectivity index is 1.52. The van der Waals surface area contributed by atoms with Crippen molar-refractivity contribution in [2.75, 3.05) is 5.73 Å². The van der Waals surface area contributed by atoms with Crippen LogP contribution in [-0.4, -0.2) is 25.1 Å². The fourth-order valence-electron chi connectivity index (χ4n) is 3.84. The van der Waals surface area contributed by atoms with Crippen molar-refractivity contribution in [3.05, 3.63) is 73.7 Å². The Morgan fingerprint density at radius 1 is 0.800 bits per heavy atom. The van der Waals surface area contributed by atoms with E-state index >= 15 is 0 Å². The lowest BCUT2D eigenvalue weighted by molar-refractivity contribution is 0.568. The standard InChI is InChI=1S/C23H16N6O/c24-16-5-15(8-25-9-16)13-1-2-20-18(6-13)23(29-28-20)21-7-17-19(14-3-4-30-12-14)10-26-11-22(17)27-21/h1-12,27H,24H2,(H,28,29). The third-order valence-electron chi connectivity index (χ3n) is 5.29. The second-order valence-corrected chi connectivity index (χ2v) is 7.18. The average molecular weight is 392 g/mol. The van der Waals surface area contributed by atoms with Crippen LogP contribution in [0.1, 0.15) is 0 Å². The predicted molar refractivity (Wildman–Crippen MR) is 117 cm³/mol. The average Bonchev–Trinajstić information content (AvgIpc) is 3.51. The summed E-state index contributed by atoms with van der Waals surface area (Å²) in [5.74, 6) is 0. The van der Waals surface area contributed by atoms with Crippen molar-refractivity contribution in [3.63, 3.8) is 0 Å². The molecular formula is C23H16N6O. The fourth-order valence-corrected chi connectivity index (χ4v) is 3.84. The maximum Gasteiger partial charge on any atom is 0.116 e. The van der Waals surface area contributed by atoms with Crippen LogP contribution in [0.4, 0.5) is 5.69 Å². The summed E-state index contributed by atoms with van der Waals surface area (Å²) in [7, 11) is 0. The normalized spacial score (nSPS) is 11.5. The number of hydrogen-bond acceptors (Lipinski definition) is 5. The molecular weight excluding hydrogens is 376 g/mol. The lowest BCUT2D eigenvalue weighted by atomic mass is 10.0. The first kappa shape index (κ1) is 16.6. The van der Waals surface area contributed by atoms with E-state index in [1.165, 1.54) is 0 Å². The molecule has 0 bridgehead atoms. The topological polar surface area (TPSA) is 109 Å². The Labute approximate surface area is 170 Å². The van der Waals surface area contributed by atoms with E-state index in [1.54, 1.807) is 18.7 Å². The molecule has 6 aromatic rings. The zero-order valence-corrected chi connectivity index (χ0v) is 15.8. The van der Waals surface area contributed by atoms with E-state index in [-0.39, 0.29) is 0 Å². The first-order chi connectivity index (χ1) is 14.8. The van der Waals surface area contributed by atoms with Crippen LogP contribution in [0, 0.1) is 0 Å². The molecule has 0 amide bonds. The molecule has 0 saturated heterocycles. The van der Waals surface area contributed by atoms with Gasteiger partial charge in [-0.3, -0.25) is 15.1 Å². The number of nitrogens with one attached hydrogen (secondary N) is 2. The Morgan fingerprint density at radius 2 is 1.73 bits per heavy atom. The van der Waals surface area contributed by atoms with Crippen molar-refractivity contribution in [2.45, 2.75) is 0 Å². The lowest BCUT2D eigenvalue weighted by Gasteiger charge is -2.03. The number of rotatable bonds is 3. The number of nitrogen functional groups attached to an aromatic ring is 1. The number of nitrogens with zero attached hydrogens (tertiary/aromatic N) is 3. The predicted octanol–water partition coefficient (Wildman–Crippen LogP) is 5.01. The Morgan fingerprint density at radius 3 is 2.60 bits per heavy atom. The molecule has 0 aliphatic rings. The fraction of sp³-hybridized carbons (Fsp3) is 0. The van der Waals surface area contributed by atoms with Crippen molar-refractivity contribution in [3.8, 4) is 33.6 Å². The summed E-state index contributed by atoms with van der Waals surface area (Å²) >= 11 is 0. The molecule has 7 nitrogen and oxygen atoms in total. The Kier molecular flexibility index (Phi) is 3.48. The van der Waals surface area contributed by atoms with Crippen LogP contribution in [-0.2, 0) is 0 Å². The van der Waals surface area contributed by atoms with Gasteiger partial charge in [0.25, 0.3) is 0 Å². The van der Waals surface area contributed by atoms with E-state index in [0.29, 0.717) is 5.69 Å². The molecule has 6 rings (SSSR count). The van der Waals surface area contributed by atoms with Gasteiger partial charge in [-0.1, -0.05) is 6.07 Å². The molecule has 0 atom stereocenters. The summed E-state index contributed by atoms with van der Waals surface area (Å²) in [4.78, 5) is 12.0. The van der Waals surface area contributed by atoms with Crippen LogP contribution in [0.25, 0.3) is 55.4 Å². The van der Waals surface area contributed by atoms with Crippen molar-refractivity contribution >= 4 is 27.5 Å². The minimum Gasteiger partial charge on any atom is -0.472 e. The minimum absolute atomic E-state index is 0.634. The van der Waals surface area contributed by atoms with E-state index in [0.717, 1.165) is 55.4 Å². The molecule has 0 unspecified atom stereocenters. The summed E-state index contributed by atoms with van der Waals surface area (Å²) in [5, 5.41) is 9.77. The van der Waals surface area contributed by atoms with Crippen LogP contribution < -0.4 is 5.73 Å². The first-order valence-corrected chi connectivity index (χ1v) is 9.45. The molecule has 0 saturated carbocycles. The van der Waals surface area contributed by atoms with Gasteiger partial charge in [-0.05, 0) is 35.9 Å². The van der Waals surface area contributed by atoms with Crippen LogP contribution in [0.3, 0.4) is 0 Å². The molecule has 4 N–H and O–H groups in total. The molecule has 1 aromatic carbocycles. The summed E-state index contributed by atoms with van der Waals surface area (Å²) in [6.07, 6.45) is 10.5. The number of aromatic nitrogens is 5. The molecule has 0 radical (unpaired) electrons. The summed E-state index contributed by atoms with van der Waals surface area (Å²) in [6.45, 7) is 0. The quantitative estimate of drug-likeness (QED) is 0.392. The molecule has 30 heavy (non-hydrogen) atoms. The number of benzene rings is 1. The maximum absolute atomic E-state index is 5.91. The first-order valence-electron chi connectivity index (χ1n) is 9.45. The highest BCUT2D eigenvalue weighted by atomic mass is 16.3. The number of H-pyrrole nitrogens is 2. The van der Waals surface area contributed by atoms with Gasteiger partial charge in [-0.15, -0.1) is 0 Å². The highest BCUT2D eigenvalue weighted by Crippen LogP contribution is 2.35. The van der Waals surface area contributed by atoms with Crippen LogP contribution in [0.2, 0.25) is 0 Å². The van der Waals surface area contributed by atoms with Crippen LogP contribution >= 0.6 is 0 Å². The molecule has 0 aliphatic carbocycles. The highest BCUT2D eigenvalue weighted by Gasteiger charge is 2.15. The van der Waals surface area contributed by atoms with Crippen molar-refractivity contribution < 1.29 is 4.42 Å². The summed E-state index contributed by atoms with van der Waals surface area (Å²) < 4.78 is 5.25. The maximum atomic E-state index is 5.91. The minimum atomic E-state index is 0.634. The smallest absolute Gasteiger partial charge is 0.116 e. The highest BCUT2D eigenvalue weighted by molar-refractivity contribution is 6.01. The van der Waals surface area contributed by atoms with Gasteiger partial charge >= 0.3 is 0 Å². The van der Waals surface area contributed by atoms with E-state index in [1.807, 2.05) is 42.9 Å². The van der Waals surface area contributed by atoms with Crippen LogP contribution in [0.5, 0.6) is 0 Å². The Bertz CT molecular complexity index is 1510. The molecule has 5 aromatic heterocycles. The molecule has 0 fully saturated rings. The number of fused-ring (bicyclic) bond motifs is 2.